The highest BCUT2D eigenvalue weighted by Gasteiger charge is 2.31. The highest BCUT2D eigenvalue weighted by Crippen LogP contribution is 2.22. The molecule has 1 aromatic carbocycles. The number of rotatable bonds is 3. The number of urea groups is 1. The van der Waals surface area contributed by atoms with Gasteiger partial charge in [-0.1, -0.05) is 23.7 Å². The number of carbonyl (C=O) groups is 2. The number of nitrogens with zero attached hydrogens (tertiary/aromatic N) is 2. The van der Waals surface area contributed by atoms with Crippen molar-refractivity contribution in [1.82, 2.24) is 15.1 Å². The van der Waals surface area contributed by atoms with Gasteiger partial charge >= 0.3 is 6.03 Å². The minimum Gasteiger partial charge on any atom is -0.349 e. The number of likely N-dealkylation sites (tertiary alicyclic amines) is 2. The number of piperidine rings is 1. The summed E-state index contributed by atoms with van der Waals surface area (Å²) < 4.78 is 0. The van der Waals surface area contributed by atoms with Gasteiger partial charge in [-0.3, -0.25) is 4.79 Å². The zero-order valence-corrected chi connectivity index (χ0v) is 15.5. The molecule has 3 amide bonds. The summed E-state index contributed by atoms with van der Waals surface area (Å²) in [6.45, 7) is 4.94. The van der Waals surface area contributed by atoms with E-state index in [0.717, 1.165) is 50.9 Å². The lowest BCUT2D eigenvalue weighted by Crippen LogP contribution is -2.49. The van der Waals surface area contributed by atoms with Gasteiger partial charge in [-0.25, -0.2) is 4.79 Å². The Labute approximate surface area is 154 Å². The summed E-state index contributed by atoms with van der Waals surface area (Å²) >= 11 is 5.91. The first-order valence-electron chi connectivity index (χ1n) is 9.14. The van der Waals surface area contributed by atoms with Crippen LogP contribution in [0.2, 0.25) is 5.02 Å². The van der Waals surface area contributed by atoms with Crippen LogP contribution < -0.4 is 5.32 Å². The third-order valence-corrected chi connectivity index (χ3v) is 5.42. The second kappa shape index (κ2) is 8.09. The molecule has 2 heterocycles. The number of halogens is 1. The first-order valence-corrected chi connectivity index (χ1v) is 9.52. The van der Waals surface area contributed by atoms with Crippen LogP contribution in [0.5, 0.6) is 0 Å². The maximum atomic E-state index is 12.6. The summed E-state index contributed by atoms with van der Waals surface area (Å²) in [5.74, 6) is -0.101. The summed E-state index contributed by atoms with van der Waals surface area (Å²) in [7, 11) is 0. The normalized spacial score (nSPS) is 21.9. The van der Waals surface area contributed by atoms with Crippen molar-refractivity contribution in [2.45, 2.75) is 38.6 Å². The average molecular weight is 364 g/mol. The van der Waals surface area contributed by atoms with Gasteiger partial charge in [0.25, 0.3) is 0 Å². The maximum Gasteiger partial charge on any atom is 0.320 e. The molecule has 0 unspecified atom stereocenters. The van der Waals surface area contributed by atoms with Gasteiger partial charge in [-0.05, 0) is 50.3 Å². The van der Waals surface area contributed by atoms with Gasteiger partial charge in [0.2, 0.25) is 5.91 Å². The molecule has 25 heavy (non-hydrogen) atoms. The molecule has 1 N–H and O–H groups in total. The van der Waals surface area contributed by atoms with E-state index in [1.807, 2.05) is 41.0 Å². The van der Waals surface area contributed by atoms with E-state index in [9.17, 15) is 9.59 Å². The molecule has 0 aliphatic carbocycles. The molecule has 2 atom stereocenters. The Morgan fingerprint density at radius 1 is 1.08 bits per heavy atom. The van der Waals surface area contributed by atoms with Gasteiger partial charge in [0.05, 0.1) is 12.0 Å². The highest BCUT2D eigenvalue weighted by atomic mass is 35.5. The van der Waals surface area contributed by atoms with E-state index in [-0.39, 0.29) is 23.9 Å². The van der Waals surface area contributed by atoms with Crippen molar-refractivity contribution in [2.24, 2.45) is 5.92 Å². The summed E-state index contributed by atoms with van der Waals surface area (Å²) in [6, 6.07) is 7.54. The summed E-state index contributed by atoms with van der Waals surface area (Å²) in [5.41, 5.74) is 1.03. The first kappa shape index (κ1) is 18.1. The van der Waals surface area contributed by atoms with Gasteiger partial charge < -0.3 is 15.1 Å². The van der Waals surface area contributed by atoms with E-state index in [4.69, 9.17) is 11.6 Å². The second-order valence-electron chi connectivity index (χ2n) is 7.04. The van der Waals surface area contributed by atoms with Crippen molar-refractivity contribution in [3.63, 3.8) is 0 Å². The minimum atomic E-state index is -0.130. The Bertz CT molecular complexity index is 614. The van der Waals surface area contributed by atoms with Crippen LogP contribution in [-0.2, 0) is 4.79 Å². The van der Waals surface area contributed by atoms with Crippen molar-refractivity contribution < 1.29 is 9.59 Å². The Balaban J connectivity index is 1.56. The summed E-state index contributed by atoms with van der Waals surface area (Å²) in [6.07, 6.45) is 3.89. The second-order valence-corrected chi connectivity index (χ2v) is 7.48. The van der Waals surface area contributed by atoms with Crippen LogP contribution in [0.3, 0.4) is 0 Å². The molecule has 0 saturated carbocycles. The predicted molar refractivity (Wildman–Crippen MR) is 98.5 cm³/mol. The van der Waals surface area contributed by atoms with Crippen LogP contribution in [0, 0.1) is 5.92 Å². The van der Waals surface area contributed by atoms with Crippen molar-refractivity contribution >= 4 is 23.5 Å². The van der Waals surface area contributed by atoms with E-state index in [1.54, 1.807) is 0 Å². The van der Waals surface area contributed by atoms with Crippen LogP contribution in [0.1, 0.15) is 44.2 Å². The van der Waals surface area contributed by atoms with Gasteiger partial charge in [0.15, 0.2) is 0 Å². The fourth-order valence-electron chi connectivity index (χ4n) is 3.64. The fraction of sp³-hybridized carbons (Fsp3) is 0.579. The monoisotopic (exact) mass is 363 g/mol. The van der Waals surface area contributed by atoms with Crippen LogP contribution in [0.4, 0.5) is 4.79 Å². The van der Waals surface area contributed by atoms with Crippen LogP contribution in [-0.4, -0.2) is 47.9 Å². The summed E-state index contributed by atoms with van der Waals surface area (Å²) in [5, 5.41) is 3.77. The van der Waals surface area contributed by atoms with E-state index < -0.39 is 0 Å². The minimum absolute atomic E-state index is 0.0290. The van der Waals surface area contributed by atoms with Gasteiger partial charge in [0.1, 0.15) is 0 Å². The van der Waals surface area contributed by atoms with Crippen molar-refractivity contribution in [3.05, 3.63) is 34.9 Å². The van der Waals surface area contributed by atoms with Gasteiger partial charge in [-0.15, -0.1) is 0 Å². The number of benzene rings is 1. The molecule has 5 nitrogen and oxygen atoms in total. The molecular formula is C19H26ClN3O2. The zero-order valence-electron chi connectivity index (χ0n) is 14.7. The molecule has 1 aromatic rings. The molecule has 0 bridgehead atoms. The van der Waals surface area contributed by atoms with Crippen molar-refractivity contribution in [3.8, 4) is 0 Å². The number of carbonyl (C=O) groups excluding carboxylic acids is 2. The van der Waals surface area contributed by atoms with Crippen LogP contribution in [0.15, 0.2) is 24.3 Å². The SMILES string of the molecule is C[C@@H](NC(=O)[C@H]1CCCN(C(=O)N2CCCC2)C1)c1ccc(Cl)cc1. The van der Waals surface area contributed by atoms with Gasteiger partial charge in [-0.2, -0.15) is 0 Å². The molecule has 2 aliphatic heterocycles. The molecular weight excluding hydrogens is 338 g/mol. The van der Waals surface area contributed by atoms with Crippen molar-refractivity contribution in [2.75, 3.05) is 26.2 Å². The van der Waals surface area contributed by atoms with E-state index in [2.05, 4.69) is 5.32 Å². The third-order valence-electron chi connectivity index (χ3n) is 5.17. The predicted octanol–water partition coefficient (Wildman–Crippen LogP) is 3.45. The Morgan fingerprint density at radius 3 is 2.40 bits per heavy atom. The summed E-state index contributed by atoms with van der Waals surface area (Å²) in [4.78, 5) is 29.0. The third kappa shape index (κ3) is 4.46. The molecule has 2 fully saturated rings. The highest BCUT2D eigenvalue weighted by molar-refractivity contribution is 6.30. The molecule has 2 aliphatic rings. The van der Waals surface area contributed by atoms with Gasteiger partial charge in [0, 0.05) is 31.2 Å². The lowest BCUT2D eigenvalue weighted by molar-refractivity contribution is -0.127. The standard InChI is InChI=1S/C19H26ClN3O2/c1-14(15-6-8-17(20)9-7-15)21-18(24)16-5-4-12-23(13-16)19(25)22-10-2-3-11-22/h6-9,14,16H,2-5,10-13H2,1H3,(H,21,24)/t14-,16+/m1/s1. The smallest absolute Gasteiger partial charge is 0.320 e. The fourth-order valence-corrected chi connectivity index (χ4v) is 3.77. The molecule has 0 spiro atoms. The largest absolute Gasteiger partial charge is 0.349 e. The average Bonchev–Trinajstić information content (AvgIpc) is 3.16. The van der Waals surface area contributed by atoms with E-state index >= 15 is 0 Å². The Morgan fingerprint density at radius 2 is 1.72 bits per heavy atom. The van der Waals surface area contributed by atoms with E-state index in [0.29, 0.717) is 11.6 Å². The molecule has 3 rings (SSSR count). The molecule has 6 heteroatoms. The number of nitrogens with one attached hydrogen (secondary N) is 1. The van der Waals surface area contributed by atoms with Crippen LogP contribution in [0.25, 0.3) is 0 Å². The van der Waals surface area contributed by atoms with Crippen LogP contribution >= 0.6 is 11.6 Å². The maximum absolute atomic E-state index is 12.6. The first-order chi connectivity index (χ1) is 12.0. The lowest BCUT2D eigenvalue weighted by Gasteiger charge is -2.35. The topological polar surface area (TPSA) is 52.7 Å². The van der Waals surface area contributed by atoms with E-state index in [1.165, 1.54) is 0 Å². The molecule has 0 aromatic heterocycles. The zero-order chi connectivity index (χ0) is 17.8. The molecule has 0 radical (unpaired) electrons. The Hall–Kier alpha value is -1.75. The lowest BCUT2D eigenvalue weighted by atomic mass is 9.96. The van der Waals surface area contributed by atoms with Crippen molar-refractivity contribution in [1.29, 1.82) is 0 Å². The number of hydrogen-bond acceptors (Lipinski definition) is 2. The quantitative estimate of drug-likeness (QED) is 0.894. The Kier molecular flexibility index (Phi) is 5.84. The number of hydrogen-bond donors (Lipinski definition) is 1. The number of amides is 3. The molecule has 2 saturated heterocycles. The molecule has 136 valence electrons.